The molecule has 13 nitrogen and oxygen atoms in total. The summed E-state index contributed by atoms with van der Waals surface area (Å²) in [6, 6.07) is 2.71. The van der Waals surface area contributed by atoms with Gasteiger partial charge in [-0.2, -0.15) is 0 Å². The maximum absolute atomic E-state index is 10.8. The second kappa shape index (κ2) is 6.18. The molecule has 21 heavy (non-hydrogen) atoms. The molecule has 0 aliphatic carbocycles. The van der Waals surface area contributed by atoms with Crippen molar-refractivity contribution in [2.75, 3.05) is 6.54 Å². The van der Waals surface area contributed by atoms with E-state index in [4.69, 9.17) is 0 Å². The van der Waals surface area contributed by atoms with Crippen LogP contribution in [0.5, 0.6) is 0 Å². The Labute approximate surface area is 114 Å². The summed E-state index contributed by atoms with van der Waals surface area (Å²) >= 11 is 0. The van der Waals surface area contributed by atoms with Gasteiger partial charge in [-0.1, -0.05) is 0 Å². The number of hydrogen-bond donors (Lipinski definition) is 0. The van der Waals surface area contributed by atoms with E-state index < -0.39 is 44.3 Å². The molecule has 0 aliphatic rings. The zero-order valence-electron chi connectivity index (χ0n) is 10.1. The molecular formula is C8H7N5O8. The monoisotopic (exact) mass is 301 g/mol. The predicted molar refractivity (Wildman–Crippen MR) is 64.1 cm³/mol. The van der Waals surface area contributed by atoms with Gasteiger partial charge < -0.3 is 0 Å². The molecule has 13 heteroatoms. The molecule has 0 bridgehead atoms. The molecule has 0 spiro atoms. The Kier molecular flexibility index (Phi) is 4.61. The first-order valence-electron chi connectivity index (χ1n) is 5.22. The van der Waals surface area contributed by atoms with Gasteiger partial charge in [-0.25, -0.2) is 20.2 Å². The summed E-state index contributed by atoms with van der Waals surface area (Å²) < 4.78 is 0. The SMILES string of the molecule is O=[N+]([O-])c1ccc(CCN([N+](=O)[O-])[N+](=O)[O-])c([N+](=O)[O-])c1. The summed E-state index contributed by atoms with van der Waals surface area (Å²) in [5.41, 5.74) is -1.24. The number of hydrazine groups is 2. The third-order valence-electron chi connectivity index (χ3n) is 2.43. The first-order chi connectivity index (χ1) is 9.73. The van der Waals surface area contributed by atoms with E-state index in [9.17, 15) is 40.5 Å². The number of nitro groups is 4. The Bertz CT molecular complexity index is 603. The van der Waals surface area contributed by atoms with E-state index in [1.807, 2.05) is 0 Å². The zero-order valence-corrected chi connectivity index (χ0v) is 10.1. The predicted octanol–water partition coefficient (Wildman–Crippen LogP) is 0.731. The smallest absolute Gasteiger partial charge is 0.258 e. The minimum atomic E-state index is -1.27. The first-order valence-corrected chi connectivity index (χ1v) is 5.22. The van der Waals surface area contributed by atoms with Gasteiger partial charge >= 0.3 is 0 Å². The van der Waals surface area contributed by atoms with Crippen LogP contribution in [0.4, 0.5) is 11.4 Å². The molecule has 0 amide bonds. The highest BCUT2D eigenvalue weighted by atomic mass is 16.8. The summed E-state index contributed by atoms with van der Waals surface area (Å²) in [4.78, 5) is 40.4. The standard InChI is InChI=1S/C8H7N5O8/c14-10(15)7-2-1-6(8(5-7)11(16)17)3-4-9(12(18)19)13(20)21/h1-2,5H,3-4H2. The Hall–Kier alpha value is -3.38. The molecular weight excluding hydrogens is 294 g/mol. The van der Waals surface area contributed by atoms with E-state index in [-0.39, 0.29) is 10.7 Å². The lowest BCUT2D eigenvalue weighted by Crippen LogP contribution is -2.37. The quantitative estimate of drug-likeness (QED) is 0.518. The fourth-order valence-corrected chi connectivity index (χ4v) is 1.49. The van der Waals surface area contributed by atoms with E-state index in [0.29, 0.717) is 6.07 Å². The molecule has 112 valence electrons. The van der Waals surface area contributed by atoms with Crippen molar-refractivity contribution in [1.29, 1.82) is 0 Å². The average molecular weight is 301 g/mol. The second-order valence-electron chi connectivity index (χ2n) is 3.65. The molecule has 0 heterocycles. The molecule has 1 aromatic rings. The molecule has 0 N–H and O–H groups in total. The molecule has 0 aromatic heterocycles. The van der Waals surface area contributed by atoms with Crippen LogP contribution < -0.4 is 0 Å². The van der Waals surface area contributed by atoms with E-state index in [1.165, 1.54) is 0 Å². The molecule has 0 unspecified atom stereocenters. The van der Waals surface area contributed by atoms with Gasteiger partial charge in [0, 0.05) is 18.1 Å². The van der Waals surface area contributed by atoms with Crippen LogP contribution in [0.15, 0.2) is 18.2 Å². The molecule has 0 radical (unpaired) electrons. The minimum Gasteiger partial charge on any atom is -0.258 e. The average Bonchev–Trinajstić information content (AvgIpc) is 2.37. The number of benzene rings is 1. The Morgan fingerprint density at radius 2 is 1.48 bits per heavy atom. The van der Waals surface area contributed by atoms with Crippen molar-refractivity contribution in [3.8, 4) is 0 Å². The Balaban J connectivity index is 3.03. The van der Waals surface area contributed by atoms with Crippen LogP contribution in [-0.2, 0) is 6.42 Å². The van der Waals surface area contributed by atoms with Crippen LogP contribution in [0.2, 0.25) is 0 Å². The van der Waals surface area contributed by atoms with Gasteiger partial charge in [0.15, 0.2) is 11.7 Å². The number of nitrogens with zero attached hydrogens (tertiary/aromatic N) is 5. The third kappa shape index (κ3) is 3.79. The second-order valence-corrected chi connectivity index (χ2v) is 3.65. The van der Waals surface area contributed by atoms with Gasteiger partial charge in [0.1, 0.15) is 0 Å². The number of hydrogen-bond acceptors (Lipinski definition) is 8. The lowest BCUT2D eigenvalue weighted by atomic mass is 10.1. The van der Waals surface area contributed by atoms with Gasteiger partial charge in [0.25, 0.3) is 11.4 Å². The zero-order chi connectivity index (χ0) is 16.2. The number of nitro benzene ring substituents is 2. The van der Waals surface area contributed by atoms with Gasteiger partial charge in [-0.3, -0.25) is 20.2 Å². The van der Waals surface area contributed by atoms with E-state index >= 15 is 0 Å². The summed E-state index contributed by atoms with van der Waals surface area (Å²) in [6.45, 7) is -0.724. The molecule has 0 fully saturated rings. The molecule has 0 aliphatic heterocycles. The molecule has 0 saturated carbocycles. The normalized spacial score (nSPS) is 9.90. The van der Waals surface area contributed by atoms with Crippen molar-refractivity contribution in [1.82, 2.24) is 5.12 Å². The van der Waals surface area contributed by atoms with Crippen LogP contribution in [0, 0.1) is 40.5 Å². The van der Waals surface area contributed by atoms with Gasteiger partial charge in [0.2, 0.25) is 10.1 Å². The maximum Gasteiger partial charge on any atom is 0.279 e. The van der Waals surface area contributed by atoms with E-state index in [1.54, 1.807) is 0 Å². The molecule has 1 aromatic carbocycles. The summed E-state index contributed by atoms with van der Waals surface area (Å²) in [5, 5.41) is 39.3. The summed E-state index contributed by atoms with van der Waals surface area (Å²) in [5.74, 6) is 0. The van der Waals surface area contributed by atoms with Crippen molar-refractivity contribution < 1.29 is 19.9 Å². The van der Waals surface area contributed by atoms with Crippen LogP contribution in [0.3, 0.4) is 0 Å². The highest BCUT2D eigenvalue weighted by Gasteiger charge is 2.28. The highest BCUT2D eigenvalue weighted by molar-refractivity contribution is 5.49. The first kappa shape index (κ1) is 15.7. The van der Waals surface area contributed by atoms with Crippen molar-refractivity contribution >= 4 is 11.4 Å². The highest BCUT2D eigenvalue weighted by Crippen LogP contribution is 2.25. The van der Waals surface area contributed by atoms with Crippen molar-refractivity contribution in [2.45, 2.75) is 6.42 Å². The summed E-state index contributed by atoms with van der Waals surface area (Å²) in [6.07, 6.45) is -0.393. The van der Waals surface area contributed by atoms with Crippen molar-refractivity contribution in [2.24, 2.45) is 0 Å². The van der Waals surface area contributed by atoms with Crippen molar-refractivity contribution in [3.05, 3.63) is 64.2 Å². The lowest BCUT2D eigenvalue weighted by molar-refractivity contribution is -0.907. The van der Waals surface area contributed by atoms with Crippen LogP contribution in [0.1, 0.15) is 5.56 Å². The Morgan fingerprint density at radius 1 is 0.905 bits per heavy atom. The van der Waals surface area contributed by atoms with Crippen LogP contribution >= 0.6 is 0 Å². The topological polar surface area (TPSA) is 176 Å². The Morgan fingerprint density at radius 3 is 1.90 bits per heavy atom. The largest absolute Gasteiger partial charge is 0.279 e. The van der Waals surface area contributed by atoms with Crippen molar-refractivity contribution in [3.63, 3.8) is 0 Å². The van der Waals surface area contributed by atoms with E-state index in [2.05, 4.69) is 0 Å². The van der Waals surface area contributed by atoms with Crippen LogP contribution in [0.25, 0.3) is 0 Å². The third-order valence-corrected chi connectivity index (χ3v) is 2.43. The number of non-ortho nitro benzene ring substituents is 1. The molecule has 0 saturated heterocycles. The van der Waals surface area contributed by atoms with E-state index in [0.717, 1.165) is 12.1 Å². The molecule has 0 atom stereocenters. The van der Waals surface area contributed by atoms with Gasteiger partial charge in [-0.15, -0.1) is 0 Å². The van der Waals surface area contributed by atoms with Gasteiger partial charge in [0.05, 0.1) is 15.9 Å². The molecule has 1 rings (SSSR count). The minimum absolute atomic E-state index is 0.0840. The van der Waals surface area contributed by atoms with Gasteiger partial charge in [-0.05, 0) is 6.07 Å². The maximum atomic E-state index is 10.8. The number of rotatable bonds is 7. The fraction of sp³-hybridized carbons (Fsp3) is 0.250. The fourth-order valence-electron chi connectivity index (χ4n) is 1.49. The lowest BCUT2D eigenvalue weighted by Gasteiger charge is -2.04. The summed E-state index contributed by atoms with van der Waals surface area (Å²) in [7, 11) is 0. The van der Waals surface area contributed by atoms with Crippen LogP contribution in [-0.4, -0.2) is 31.6 Å².